The number of nitrogens with zero attached hydrogens (tertiary/aromatic N) is 3. The van der Waals surface area contributed by atoms with Gasteiger partial charge in [0.2, 0.25) is 0 Å². The van der Waals surface area contributed by atoms with Crippen molar-refractivity contribution < 1.29 is 24.1 Å². The lowest BCUT2D eigenvalue weighted by Gasteiger charge is -2.40. The Labute approximate surface area is 298 Å². The number of hydrogen-bond donors (Lipinski definition) is 3. The molecule has 0 radical (unpaired) electrons. The van der Waals surface area contributed by atoms with Gasteiger partial charge >= 0.3 is 5.97 Å². The van der Waals surface area contributed by atoms with Crippen LogP contribution >= 0.6 is 11.6 Å². The highest BCUT2D eigenvalue weighted by atomic mass is 35.5. The van der Waals surface area contributed by atoms with Crippen molar-refractivity contribution in [1.82, 2.24) is 15.0 Å². The van der Waals surface area contributed by atoms with E-state index in [4.69, 9.17) is 31.4 Å². The SMILES string of the molecule is CC(C)(C)O.Cc1nc(-c2nc3ccc(Cl)cc3[nH]2)c(-c2ccc(OCCc3ccc(F)cc3)cc2)c(N2CCC(C)(C)CC2)c1CC(=O)O. The molecule has 2 aromatic heterocycles. The van der Waals surface area contributed by atoms with Crippen LogP contribution in [0.25, 0.3) is 33.7 Å². The minimum absolute atomic E-state index is 0.137. The zero-order valence-corrected chi connectivity index (χ0v) is 30.4. The number of fused-ring (bicyclic) bond motifs is 1. The third-order valence-corrected chi connectivity index (χ3v) is 8.86. The number of aryl methyl sites for hydroxylation is 1. The van der Waals surface area contributed by atoms with Gasteiger partial charge in [-0.25, -0.2) is 14.4 Å². The quantitative estimate of drug-likeness (QED) is 0.141. The summed E-state index contributed by atoms with van der Waals surface area (Å²) in [7, 11) is 0. The Morgan fingerprint density at radius 1 is 1.02 bits per heavy atom. The number of carboxylic acid groups (broad SMARTS) is 1. The number of halogens is 2. The van der Waals surface area contributed by atoms with E-state index < -0.39 is 11.6 Å². The summed E-state index contributed by atoms with van der Waals surface area (Å²) in [5.74, 6) is 0.129. The van der Waals surface area contributed by atoms with Gasteiger partial charge in [0.1, 0.15) is 17.3 Å². The number of benzene rings is 3. The number of ether oxygens (including phenoxy) is 1. The Morgan fingerprint density at radius 2 is 1.66 bits per heavy atom. The molecule has 0 spiro atoms. The normalized spacial score (nSPS) is 14.3. The first-order valence-corrected chi connectivity index (χ1v) is 17.3. The van der Waals surface area contributed by atoms with Crippen molar-refractivity contribution in [3.8, 4) is 28.4 Å². The van der Waals surface area contributed by atoms with Crippen molar-refractivity contribution in [2.75, 3.05) is 24.6 Å². The summed E-state index contributed by atoms with van der Waals surface area (Å²) < 4.78 is 19.3. The van der Waals surface area contributed by atoms with Gasteiger partial charge in [-0.15, -0.1) is 0 Å². The number of anilines is 1. The molecular formula is C40H46ClFN4O4. The molecule has 6 rings (SSSR count). The first kappa shape index (κ1) is 36.8. The van der Waals surface area contributed by atoms with Crippen molar-refractivity contribution >= 4 is 34.3 Å². The average molecular weight is 701 g/mol. The Morgan fingerprint density at radius 3 is 2.28 bits per heavy atom. The maximum atomic E-state index is 13.3. The fourth-order valence-electron chi connectivity index (χ4n) is 5.97. The molecule has 0 amide bonds. The largest absolute Gasteiger partial charge is 0.493 e. The molecule has 3 aromatic carbocycles. The highest BCUT2D eigenvalue weighted by Gasteiger charge is 2.31. The fraction of sp³-hybridized carbons (Fsp3) is 0.375. The number of nitrogens with one attached hydrogen (secondary N) is 1. The number of imidazole rings is 1. The third kappa shape index (κ3) is 9.61. The van der Waals surface area contributed by atoms with Crippen LogP contribution in [0.2, 0.25) is 5.02 Å². The molecule has 264 valence electrons. The highest BCUT2D eigenvalue weighted by molar-refractivity contribution is 6.31. The zero-order valence-electron chi connectivity index (χ0n) is 29.6. The number of hydrogen-bond acceptors (Lipinski definition) is 6. The second-order valence-corrected chi connectivity index (χ2v) is 15.1. The first-order valence-electron chi connectivity index (χ1n) is 16.9. The standard InChI is InChI=1S/C36H36ClFN4O3.C4H10O/c1-22-28(21-31(43)44)34(42-17-15-36(2,3)16-18-42)32(33(39-22)35-40-29-13-8-25(37)20-30(29)41-35)24-6-11-27(12-7-24)45-19-14-23-4-9-26(38)10-5-23;1-4(2,3)5/h4-13,20H,14-19,21H2,1-3H3,(H,40,41)(H,43,44);5H,1-3H3. The zero-order chi connectivity index (χ0) is 36.2. The van der Waals surface area contributed by atoms with Gasteiger partial charge in [-0.1, -0.05) is 49.7 Å². The lowest BCUT2D eigenvalue weighted by atomic mass is 9.82. The number of piperidine rings is 1. The molecule has 3 N–H and O–H groups in total. The van der Waals surface area contributed by atoms with Crippen molar-refractivity contribution in [2.45, 2.75) is 72.8 Å². The van der Waals surface area contributed by atoms with E-state index in [2.05, 4.69) is 23.7 Å². The Kier molecular flexibility index (Phi) is 11.2. The van der Waals surface area contributed by atoms with Crippen molar-refractivity contribution in [3.63, 3.8) is 0 Å². The van der Waals surface area contributed by atoms with Crippen LogP contribution in [0.5, 0.6) is 5.75 Å². The molecule has 5 aromatic rings. The molecule has 0 bridgehead atoms. The van der Waals surface area contributed by atoms with E-state index in [0.717, 1.165) is 59.3 Å². The molecule has 1 aliphatic heterocycles. The third-order valence-electron chi connectivity index (χ3n) is 8.62. The van der Waals surface area contributed by atoms with Gasteiger partial charge < -0.3 is 24.8 Å². The molecule has 3 heterocycles. The number of aliphatic carboxylic acids is 1. The number of rotatable bonds is 9. The van der Waals surface area contributed by atoms with Crippen LogP contribution in [-0.2, 0) is 17.6 Å². The molecule has 0 saturated carbocycles. The predicted octanol–water partition coefficient (Wildman–Crippen LogP) is 9.05. The molecule has 8 nitrogen and oxygen atoms in total. The summed E-state index contributed by atoms with van der Waals surface area (Å²) in [5, 5.41) is 19.1. The van der Waals surface area contributed by atoms with Crippen LogP contribution in [0, 0.1) is 18.2 Å². The molecule has 1 saturated heterocycles. The van der Waals surface area contributed by atoms with Gasteiger partial charge in [0.15, 0.2) is 5.82 Å². The van der Waals surface area contributed by atoms with E-state index >= 15 is 0 Å². The van der Waals surface area contributed by atoms with Gasteiger partial charge in [0.05, 0.1) is 35.3 Å². The topological polar surface area (TPSA) is 112 Å². The molecule has 50 heavy (non-hydrogen) atoms. The Hall–Kier alpha value is -4.47. The maximum absolute atomic E-state index is 13.3. The summed E-state index contributed by atoms with van der Waals surface area (Å²) in [6, 6.07) is 19.8. The van der Waals surface area contributed by atoms with Gasteiger partial charge in [-0.05, 0) is 99.5 Å². The monoisotopic (exact) mass is 700 g/mol. The second-order valence-electron chi connectivity index (χ2n) is 14.6. The van der Waals surface area contributed by atoms with Crippen LogP contribution in [-0.4, -0.2) is 56.4 Å². The number of H-pyrrole nitrogens is 1. The van der Waals surface area contributed by atoms with E-state index in [1.165, 1.54) is 12.1 Å². The molecule has 1 fully saturated rings. The molecule has 0 atom stereocenters. The number of aliphatic hydroxyl groups is 1. The average Bonchev–Trinajstić information content (AvgIpc) is 3.45. The van der Waals surface area contributed by atoms with E-state index in [0.29, 0.717) is 46.6 Å². The molecule has 1 aliphatic rings. The van der Waals surface area contributed by atoms with Crippen LogP contribution < -0.4 is 9.64 Å². The van der Waals surface area contributed by atoms with Crippen LogP contribution in [0.4, 0.5) is 10.1 Å². The van der Waals surface area contributed by atoms with Gasteiger partial charge in [-0.2, -0.15) is 0 Å². The lowest BCUT2D eigenvalue weighted by Crippen LogP contribution is -2.38. The minimum atomic E-state index is -0.902. The van der Waals surface area contributed by atoms with E-state index in [1.54, 1.807) is 39.0 Å². The Balaban J connectivity index is 0.000000908. The van der Waals surface area contributed by atoms with Crippen molar-refractivity contribution in [1.29, 1.82) is 0 Å². The number of pyridine rings is 1. The summed E-state index contributed by atoms with van der Waals surface area (Å²) in [6.07, 6.45) is 2.49. The summed E-state index contributed by atoms with van der Waals surface area (Å²) in [4.78, 5) is 27.8. The van der Waals surface area contributed by atoms with Crippen LogP contribution in [0.1, 0.15) is 64.3 Å². The molecule has 0 aliphatic carbocycles. The summed E-state index contributed by atoms with van der Waals surface area (Å²) in [6.45, 7) is 13.7. The van der Waals surface area contributed by atoms with E-state index in [1.807, 2.05) is 43.3 Å². The summed E-state index contributed by atoms with van der Waals surface area (Å²) in [5.41, 5.74) is 6.89. The molecule has 0 unspecified atom stereocenters. The van der Waals surface area contributed by atoms with Gasteiger partial charge in [0, 0.05) is 41.4 Å². The van der Waals surface area contributed by atoms with Crippen LogP contribution in [0.15, 0.2) is 66.7 Å². The highest BCUT2D eigenvalue weighted by Crippen LogP contribution is 2.44. The maximum Gasteiger partial charge on any atom is 0.307 e. The van der Waals surface area contributed by atoms with Gasteiger partial charge in [0.25, 0.3) is 0 Å². The number of carbonyl (C=O) groups is 1. The first-order chi connectivity index (χ1) is 23.6. The second kappa shape index (κ2) is 15.2. The molecular weight excluding hydrogens is 655 g/mol. The lowest BCUT2D eigenvalue weighted by molar-refractivity contribution is -0.136. The van der Waals surface area contributed by atoms with E-state index in [-0.39, 0.29) is 17.7 Å². The van der Waals surface area contributed by atoms with Crippen molar-refractivity contribution in [2.24, 2.45) is 5.41 Å². The fourth-order valence-corrected chi connectivity index (χ4v) is 6.14. The van der Waals surface area contributed by atoms with Crippen molar-refractivity contribution in [3.05, 3.63) is 94.4 Å². The number of carboxylic acids is 1. The smallest absolute Gasteiger partial charge is 0.307 e. The Bertz CT molecular complexity index is 1930. The van der Waals surface area contributed by atoms with E-state index in [9.17, 15) is 14.3 Å². The van der Waals surface area contributed by atoms with Crippen LogP contribution in [0.3, 0.4) is 0 Å². The molecule has 10 heteroatoms. The summed E-state index contributed by atoms with van der Waals surface area (Å²) >= 11 is 6.28. The predicted molar refractivity (Wildman–Crippen MR) is 199 cm³/mol. The van der Waals surface area contributed by atoms with Gasteiger partial charge in [-0.3, -0.25) is 4.79 Å². The minimum Gasteiger partial charge on any atom is -0.493 e. The number of aromatic nitrogens is 3. The number of aromatic amines is 1.